The van der Waals surface area contributed by atoms with E-state index in [0.717, 1.165) is 0 Å². The van der Waals surface area contributed by atoms with Gasteiger partial charge in [0, 0.05) is 10.6 Å². The number of halogens is 3. The summed E-state index contributed by atoms with van der Waals surface area (Å²) in [6, 6.07) is 0. The van der Waals surface area contributed by atoms with Crippen molar-refractivity contribution >= 4 is 91.2 Å². The first-order valence-electron chi connectivity index (χ1n) is 5.41. The van der Waals surface area contributed by atoms with E-state index in [1.54, 1.807) is 0 Å². The molecule has 1 rings (SSSR count). The van der Waals surface area contributed by atoms with Crippen molar-refractivity contribution in [2.75, 3.05) is 18.9 Å². The summed E-state index contributed by atoms with van der Waals surface area (Å²) in [7, 11) is 1.45. The lowest BCUT2D eigenvalue weighted by Crippen LogP contribution is -2.27. The van der Waals surface area contributed by atoms with E-state index in [2.05, 4.69) is 10.6 Å². The Morgan fingerprint density at radius 2 is 1.62 bits per heavy atom. The quantitative estimate of drug-likeness (QED) is 0.377. The minimum absolute atomic E-state index is 0.0254. The van der Waals surface area contributed by atoms with E-state index in [1.807, 2.05) is 67.8 Å². The van der Waals surface area contributed by atoms with Crippen molar-refractivity contribution in [1.29, 1.82) is 0 Å². The van der Waals surface area contributed by atoms with Gasteiger partial charge in [0.05, 0.1) is 30.5 Å². The number of rotatable bonds is 4. The highest BCUT2D eigenvalue weighted by molar-refractivity contribution is 14.1. The van der Waals surface area contributed by atoms with Crippen molar-refractivity contribution in [3.63, 3.8) is 0 Å². The number of hydrogen-bond acceptors (Lipinski definition) is 4. The molecule has 0 aliphatic rings. The second-order valence-corrected chi connectivity index (χ2v) is 6.94. The van der Waals surface area contributed by atoms with Gasteiger partial charge in [-0.25, -0.2) is 4.79 Å². The minimum Gasteiger partial charge on any atom is -0.478 e. The van der Waals surface area contributed by atoms with Crippen molar-refractivity contribution in [1.82, 2.24) is 5.32 Å². The van der Waals surface area contributed by atoms with Crippen LogP contribution in [-0.4, -0.2) is 36.5 Å². The predicted octanol–water partition coefficient (Wildman–Crippen LogP) is 1.46. The zero-order chi connectivity index (χ0) is 16.3. The largest absolute Gasteiger partial charge is 0.478 e. The molecule has 21 heavy (non-hydrogen) atoms. The van der Waals surface area contributed by atoms with E-state index in [9.17, 15) is 19.5 Å². The molecule has 0 spiro atoms. The van der Waals surface area contributed by atoms with Crippen LogP contribution in [0.15, 0.2) is 0 Å². The van der Waals surface area contributed by atoms with E-state index in [0.29, 0.717) is 10.7 Å². The van der Waals surface area contributed by atoms with E-state index >= 15 is 0 Å². The number of carbonyl (C=O) groups excluding carboxylic acids is 2. The molecule has 0 fully saturated rings. The molecule has 0 aliphatic heterocycles. The summed E-state index contributed by atoms with van der Waals surface area (Å²) >= 11 is 5.55. The summed E-state index contributed by atoms with van der Waals surface area (Å²) in [5.74, 6) is -2.06. The maximum Gasteiger partial charge on any atom is 0.337 e. The SMILES string of the molecule is CNC(=O)c1c(I)c(NC(=O)CN)c(I)c(C(=O)O)c1I. The van der Waals surface area contributed by atoms with Crippen LogP contribution in [0.1, 0.15) is 20.7 Å². The Hall–Kier alpha value is -0.220. The van der Waals surface area contributed by atoms with E-state index in [1.165, 1.54) is 7.05 Å². The van der Waals surface area contributed by atoms with E-state index < -0.39 is 17.8 Å². The average molecular weight is 629 g/mol. The Labute approximate surface area is 161 Å². The highest BCUT2D eigenvalue weighted by Crippen LogP contribution is 2.35. The molecule has 0 bridgehead atoms. The highest BCUT2D eigenvalue weighted by atomic mass is 127. The number of nitrogens with one attached hydrogen (secondary N) is 2. The molecular formula is C11H10I3N3O4. The number of anilines is 1. The van der Waals surface area contributed by atoms with Gasteiger partial charge in [-0.2, -0.15) is 0 Å². The van der Waals surface area contributed by atoms with Gasteiger partial charge in [-0.3, -0.25) is 9.59 Å². The summed E-state index contributed by atoms with van der Waals surface area (Å²) < 4.78 is 1.13. The summed E-state index contributed by atoms with van der Waals surface area (Å²) in [6.07, 6.45) is 0. The van der Waals surface area contributed by atoms with Crippen molar-refractivity contribution < 1.29 is 19.5 Å². The Morgan fingerprint density at radius 3 is 2.05 bits per heavy atom. The molecular weight excluding hydrogens is 619 g/mol. The van der Waals surface area contributed by atoms with Crippen LogP contribution >= 0.6 is 67.8 Å². The van der Waals surface area contributed by atoms with Crippen molar-refractivity contribution in [3.05, 3.63) is 21.8 Å². The summed E-state index contributed by atoms with van der Waals surface area (Å²) in [6.45, 7) is -0.240. The van der Waals surface area contributed by atoms with Gasteiger partial charge in [-0.1, -0.05) is 0 Å². The second-order valence-electron chi connectivity index (χ2n) is 3.70. The first kappa shape index (κ1) is 18.8. The zero-order valence-corrected chi connectivity index (χ0v) is 17.1. The first-order chi connectivity index (χ1) is 9.76. The molecule has 1 aromatic rings. The summed E-state index contributed by atoms with van der Waals surface area (Å²) in [5.41, 5.74) is 5.72. The van der Waals surface area contributed by atoms with E-state index in [-0.39, 0.29) is 23.4 Å². The van der Waals surface area contributed by atoms with Crippen LogP contribution in [-0.2, 0) is 4.79 Å². The highest BCUT2D eigenvalue weighted by Gasteiger charge is 2.27. The number of carboxylic acids is 1. The van der Waals surface area contributed by atoms with Crippen molar-refractivity contribution in [2.45, 2.75) is 0 Å². The Balaban J connectivity index is 3.71. The van der Waals surface area contributed by atoms with Gasteiger partial charge in [-0.15, -0.1) is 0 Å². The number of amides is 2. The maximum atomic E-state index is 12.0. The standard InChI is InChI=1S/C11H10I3N3O4/c1-16-10(19)4-6(12)5(11(20)21)8(14)9(7(4)13)17-3(18)2-15/h2,15H2,1H3,(H,16,19)(H,17,18)(H,20,21). The van der Waals surface area contributed by atoms with Crippen LogP contribution in [0.25, 0.3) is 0 Å². The van der Waals surface area contributed by atoms with Gasteiger partial charge in [0.1, 0.15) is 0 Å². The third-order valence-electron chi connectivity index (χ3n) is 2.43. The molecule has 10 heteroatoms. The molecule has 0 unspecified atom stereocenters. The van der Waals surface area contributed by atoms with Crippen molar-refractivity contribution in [2.24, 2.45) is 5.73 Å². The average Bonchev–Trinajstić information content (AvgIpc) is 2.42. The molecule has 114 valence electrons. The molecule has 0 saturated heterocycles. The fourth-order valence-electron chi connectivity index (χ4n) is 1.48. The normalized spacial score (nSPS) is 10.1. The van der Waals surface area contributed by atoms with E-state index in [4.69, 9.17) is 5.73 Å². The lowest BCUT2D eigenvalue weighted by atomic mass is 10.1. The first-order valence-corrected chi connectivity index (χ1v) is 8.65. The fourth-order valence-corrected chi connectivity index (χ4v) is 5.86. The molecule has 0 aliphatic carbocycles. The maximum absolute atomic E-state index is 12.0. The third-order valence-corrected chi connectivity index (χ3v) is 5.67. The number of carboxylic acid groups (broad SMARTS) is 1. The molecule has 2 amide bonds. The number of nitrogens with two attached hydrogens (primary N) is 1. The number of benzene rings is 1. The summed E-state index contributed by atoms with van der Waals surface area (Å²) in [4.78, 5) is 34.9. The zero-order valence-electron chi connectivity index (χ0n) is 10.6. The topological polar surface area (TPSA) is 122 Å². The third kappa shape index (κ3) is 3.95. The number of carbonyl (C=O) groups is 3. The van der Waals surface area contributed by atoms with Crippen molar-refractivity contribution in [3.8, 4) is 0 Å². The number of aromatic carboxylic acids is 1. The van der Waals surface area contributed by atoms with Crippen LogP contribution in [0, 0.1) is 10.7 Å². The summed E-state index contributed by atoms with van der Waals surface area (Å²) in [5, 5.41) is 14.4. The van der Waals surface area contributed by atoms with Gasteiger partial charge >= 0.3 is 5.97 Å². The van der Waals surface area contributed by atoms with Gasteiger partial charge in [0.25, 0.3) is 5.91 Å². The molecule has 0 heterocycles. The molecule has 0 radical (unpaired) electrons. The van der Waals surface area contributed by atoms with Gasteiger partial charge in [-0.05, 0) is 67.8 Å². The number of hydrogen-bond donors (Lipinski definition) is 4. The smallest absolute Gasteiger partial charge is 0.337 e. The Kier molecular flexibility index (Phi) is 7.05. The van der Waals surface area contributed by atoms with Gasteiger partial charge < -0.3 is 21.5 Å². The predicted molar refractivity (Wildman–Crippen MR) is 103 cm³/mol. The minimum atomic E-state index is -1.17. The molecule has 0 saturated carbocycles. The molecule has 0 aromatic heterocycles. The monoisotopic (exact) mass is 629 g/mol. The van der Waals surface area contributed by atoms with Crippen LogP contribution < -0.4 is 16.4 Å². The van der Waals surface area contributed by atoms with Crippen LogP contribution in [0.3, 0.4) is 0 Å². The molecule has 7 nitrogen and oxygen atoms in total. The van der Waals surface area contributed by atoms with Crippen LogP contribution in [0.4, 0.5) is 5.69 Å². The van der Waals surface area contributed by atoms with Crippen LogP contribution in [0.5, 0.6) is 0 Å². The van der Waals surface area contributed by atoms with Crippen LogP contribution in [0.2, 0.25) is 0 Å². The molecule has 1 aromatic carbocycles. The molecule has 5 N–H and O–H groups in total. The molecule has 0 atom stereocenters. The Morgan fingerprint density at radius 1 is 1.10 bits per heavy atom. The lowest BCUT2D eigenvalue weighted by Gasteiger charge is -2.17. The van der Waals surface area contributed by atoms with Gasteiger partial charge in [0.2, 0.25) is 5.91 Å². The fraction of sp³-hybridized carbons (Fsp3) is 0.182. The Bertz CT molecular complexity index is 634. The second kappa shape index (κ2) is 7.87. The van der Waals surface area contributed by atoms with Gasteiger partial charge in [0.15, 0.2) is 0 Å². The lowest BCUT2D eigenvalue weighted by molar-refractivity contribution is -0.114.